The summed E-state index contributed by atoms with van der Waals surface area (Å²) in [7, 11) is 0. The SMILES string of the molecule is O=C(O)Cc1c(C(F)(F)F)ncc(F)c1C(F)F. The van der Waals surface area contributed by atoms with Crippen molar-refractivity contribution in [2.45, 2.75) is 19.0 Å². The minimum atomic E-state index is -5.14. The first kappa shape index (κ1) is 14.3. The molecule has 1 N–H and O–H groups in total. The molecule has 0 aromatic carbocycles. The van der Waals surface area contributed by atoms with Crippen LogP contribution in [0, 0.1) is 5.82 Å². The minimum Gasteiger partial charge on any atom is -0.481 e. The molecule has 1 rings (SSSR count). The molecule has 0 saturated carbocycles. The van der Waals surface area contributed by atoms with Gasteiger partial charge in [0.25, 0.3) is 6.43 Å². The summed E-state index contributed by atoms with van der Waals surface area (Å²) >= 11 is 0. The number of carboxylic acid groups (broad SMARTS) is 1. The summed E-state index contributed by atoms with van der Waals surface area (Å²) in [5.74, 6) is -3.47. The van der Waals surface area contributed by atoms with E-state index < -0.39 is 47.6 Å². The van der Waals surface area contributed by atoms with Gasteiger partial charge in [-0.2, -0.15) is 13.2 Å². The number of pyridine rings is 1. The topological polar surface area (TPSA) is 50.2 Å². The highest BCUT2D eigenvalue weighted by Gasteiger charge is 2.39. The fourth-order valence-electron chi connectivity index (χ4n) is 1.35. The molecule has 0 bridgehead atoms. The molecule has 3 nitrogen and oxygen atoms in total. The van der Waals surface area contributed by atoms with E-state index in [1.807, 2.05) is 0 Å². The van der Waals surface area contributed by atoms with Crippen LogP contribution in [0.5, 0.6) is 0 Å². The fourth-order valence-corrected chi connectivity index (χ4v) is 1.35. The van der Waals surface area contributed by atoms with E-state index in [1.165, 1.54) is 0 Å². The third kappa shape index (κ3) is 2.90. The van der Waals surface area contributed by atoms with Gasteiger partial charge in [-0.05, 0) is 0 Å². The van der Waals surface area contributed by atoms with E-state index in [0.717, 1.165) is 0 Å². The molecule has 18 heavy (non-hydrogen) atoms. The molecule has 0 saturated heterocycles. The first-order chi connectivity index (χ1) is 8.14. The summed E-state index contributed by atoms with van der Waals surface area (Å²) in [6.07, 6.45) is -10.1. The lowest BCUT2D eigenvalue weighted by Crippen LogP contribution is -2.18. The molecule has 0 aliphatic rings. The number of alkyl halides is 5. The number of nitrogens with zero attached hydrogens (tertiary/aromatic N) is 1. The zero-order valence-electron chi connectivity index (χ0n) is 8.43. The smallest absolute Gasteiger partial charge is 0.433 e. The molecule has 0 unspecified atom stereocenters. The third-order valence-electron chi connectivity index (χ3n) is 1.99. The molecule has 0 radical (unpaired) electrons. The maximum absolute atomic E-state index is 13.0. The Bertz CT molecular complexity index is 471. The van der Waals surface area contributed by atoms with Crippen molar-refractivity contribution in [3.8, 4) is 0 Å². The molecule has 1 aromatic heterocycles. The number of rotatable bonds is 3. The van der Waals surface area contributed by atoms with Gasteiger partial charge in [0, 0.05) is 5.56 Å². The molecule has 0 amide bonds. The van der Waals surface area contributed by atoms with Crippen LogP contribution < -0.4 is 0 Å². The molecule has 100 valence electrons. The van der Waals surface area contributed by atoms with Crippen LogP contribution in [0.25, 0.3) is 0 Å². The average molecular weight is 273 g/mol. The second kappa shape index (κ2) is 4.83. The van der Waals surface area contributed by atoms with Crippen molar-refractivity contribution in [3.63, 3.8) is 0 Å². The molecular weight excluding hydrogens is 268 g/mol. The summed E-state index contributed by atoms with van der Waals surface area (Å²) in [5, 5.41) is 8.39. The highest BCUT2D eigenvalue weighted by Crippen LogP contribution is 2.36. The molecule has 1 heterocycles. The number of hydrogen-bond donors (Lipinski definition) is 1. The standard InChI is InChI=1S/C9H5F6NO2/c10-4-2-16-7(9(13,14)15)3(1-5(17)18)6(4)8(11)12/h2,8H,1H2,(H,17,18). The molecule has 0 fully saturated rings. The minimum absolute atomic E-state index is 0.00430. The van der Waals surface area contributed by atoms with Gasteiger partial charge >= 0.3 is 12.1 Å². The molecule has 0 aliphatic carbocycles. The van der Waals surface area contributed by atoms with E-state index in [2.05, 4.69) is 4.98 Å². The normalized spacial score (nSPS) is 11.9. The Balaban J connectivity index is 3.54. The molecular formula is C9H5F6NO2. The average Bonchev–Trinajstić information content (AvgIpc) is 2.13. The number of hydrogen-bond acceptors (Lipinski definition) is 2. The summed E-state index contributed by atoms with van der Waals surface area (Å²) in [6, 6.07) is 0. The molecule has 0 spiro atoms. The number of halogens is 6. The van der Waals surface area contributed by atoms with Crippen molar-refractivity contribution in [2.24, 2.45) is 0 Å². The van der Waals surface area contributed by atoms with Gasteiger partial charge in [0.15, 0.2) is 5.82 Å². The van der Waals surface area contributed by atoms with Crippen molar-refractivity contribution < 1.29 is 36.2 Å². The Morgan fingerprint density at radius 3 is 2.33 bits per heavy atom. The van der Waals surface area contributed by atoms with Crippen molar-refractivity contribution in [3.05, 3.63) is 28.8 Å². The van der Waals surface area contributed by atoms with Gasteiger partial charge in [0.1, 0.15) is 5.69 Å². The van der Waals surface area contributed by atoms with Gasteiger partial charge in [-0.3, -0.25) is 4.79 Å². The van der Waals surface area contributed by atoms with Crippen LogP contribution in [-0.2, 0) is 17.4 Å². The van der Waals surface area contributed by atoms with E-state index in [-0.39, 0.29) is 6.20 Å². The maximum Gasteiger partial charge on any atom is 0.433 e. The Kier molecular flexibility index (Phi) is 3.82. The monoisotopic (exact) mass is 273 g/mol. The maximum atomic E-state index is 13.0. The zero-order valence-corrected chi connectivity index (χ0v) is 8.43. The predicted octanol–water partition coefficient (Wildman–Crippen LogP) is 2.80. The summed E-state index contributed by atoms with van der Waals surface area (Å²) < 4.78 is 75.3. The second-order valence-corrected chi connectivity index (χ2v) is 3.22. The van der Waals surface area contributed by atoms with Crippen molar-refractivity contribution in [1.29, 1.82) is 0 Å². The summed E-state index contributed by atoms with van der Waals surface area (Å²) in [5.41, 5.74) is -4.76. The number of carboxylic acids is 1. The zero-order chi connectivity index (χ0) is 14.1. The number of aliphatic carboxylic acids is 1. The first-order valence-electron chi connectivity index (χ1n) is 4.39. The molecule has 0 atom stereocenters. The van der Waals surface area contributed by atoms with E-state index in [9.17, 15) is 31.1 Å². The van der Waals surface area contributed by atoms with Crippen LogP contribution in [-0.4, -0.2) is 16.1 Å². The lowest BCUT2D eigenvalue weighted by atomic mass is 10.0. The second-order valence-electron chi connectivity index (χ2n) is 3.22. The Labute approximate surface area is 96.1 Å². The van der Waals surface area contributed by atoms with Crippen molar-refractivity contribution in [1.82, 2.24) is 4.98 Å². The third-order valence-corrected chi connectivity index (χ3v) is 1.99. The Morgan fingerprint density at radius 2 is 1.94 bits per heavy atom. The van der Waals surface area contributed by atoms with Gasteiger partial charge in [-0.25, -0.2) is 18.2 Å². The highest BCUT2D eigenvalue weighted by molar-refractivity contribution is 5.71. The number of aromatic nitrogens is 1. The number of carbonyl (C=O) groups is 1. The van der Waals surface area contributed by atoms with Crippen LogP contribution in [0.1, 0.15) is 23.2 Å². The van der Waals surface area contributed by atoms with Gasteiger partial charge < -0.3 is 5.11 Å². The molecule has 9 heteroatoms. The largest absolute Gasteiger partial charge is 0.481 e. The van der Waals surface area contributed by atoms with Gasteiger partial charge in [-0.15, -0.1) is 0 Å². The van der Waals surface area contributed by atoms with Gasteiger partial charge in [0.2, 0.25) is 0 Å². The lowest BCUT2D eigenvalue weighted by molar-refractivity contribution is -0.142. The lowest BCUT2D eigenvalue weighted by Gasteiger charge is -2.14. The van der Waals surface area contributed by atoms with E-state index in [1.54, 1.807) is 0 Å². The Morgan fingerprint density at radius 1 is 1.39 bits per heavy atom. The summed E-state index contributed by atoms with van der Waals surface area (Å²) in [6.45, 7) is 0. The fraction of sp³-hybridized carbons (Fsp3) is 0.333. The van der Waals surface area contributed by atoms with Crippen LogP contribution >= 0.6 is 0 Å². The van der Waals surface area contributed by atoms with Gasteiger partial charge in [0.05, 0.1) is 18.2 Å². The Hall–Kier alpha value is -1.80. The summed E-state index contributed by atoms with van der Waals surface area (Å²) in [4.78, 5) is 13.0. The van der Waals surface area contributed by atoms with E-state index in [4.69, 9.17) is 5.11 Å². The van der Waals surface area contributed by atoms with E-state index >= 15 is 0 Å². The van der Waals surface area contributed by atoms with Crippen molar-refractivity contribution in [2.75, 3.05) is 0 Å². The first-order valence-corrected chi connectivity index (χ1v) is 4.39. The van der Waals surface area contributed by atoms with Crippen LogP contribution in [0.4, 0.5) is 26.3 Å². The molecule has 1 aromatic rings. The van der Waals surface area contributed by atoms with E-state index in [0.29, 0.717) is 0 Å². The van der Waals surface area contributed by atoms with Crippen LogP contribution in [0.3, 0.4) is 0 Å². The highest BCUT2D eigenvalue weighted by atomic mass is 19.4. The predicted molar refractivity (Wildman–Crippen MR) is 45.5 cm³/mol. The van der Waals surface area contributed by atoms with Crippen molar-refractivity contribution >= 4 is 5.97 Å². The van der Waals surface area contributed by atoms with Crippen LogP contribution in [0.2, 0.25) is 0 Å². The molecule has 0 aliphatic heterocycles. The quantitative estimate of drug-likeness (QED) is 0.861. The van der Waals surface area contributed by atoms with Gasteiger partial charge in [-0.1, -0.05) is 0 Å². The van der Waals surface area contributed by atoms with Crippen LogP contribution in [0.15, 0.2) is 6.20 Å².